The molecule has 0 saturated carbocycles. The van der Waals surface area contributed by atoms with Crippen LogP contribution in [0.1, 0.15) is 25.7 Å². The molecule has 2 atom stereocenters. The molecule has 0 amide bonds. The Kier molecular flexibility index (Phi) is 4.34. The van der Waals surface area contributed by atoms with Gasteiger partial charge in [0.15, 0.2) is 0 Å². The summed E-state index contributed by atoms with van der Waals surface area (Å²) < 4.78 is 13.1. The molecule has 1 rings (SSSR count). The average Bonchev–Trinajstić information content (AvgIpc) is 2.08. The zero-order valence-electron chi connectivity index (χ0n) is 8.08. The molecule has 1 aliphatic heterocycles. The monoisotopic (exact) mass is 205 g/mol. The molecule has 0 spiro atoms. The predicted octanol–water partition coefficient (Wildman–Crippen LogP) is 3.01. The predicted molar refractivity (Wildman–Crippen MR) is 57.3 cm³/mol. The van der Waals surface area contributed by atoms with Crippen LogP contribution in [0.25, 0.3) is 0 Å². The lowest BCUT2D eigenvalue weighted by Gasteiger charge is -2.31. The van der Waals surface area contributed by atoms with Crippen molar-refractivity contribution in [2.24, 2.45) is 0 Å². The summed E-state index contributed by atoms with van der Waals surface area (Å²) >= 11 is 0. The third kappa shape index (κ3) is 3.74. The normalized spacial score (nSPS) is 36.3. The minimum absolute atomic E-state index is 0.554. The molecule has 1 fully saturated rings. The fourth-order valence-electron chi connectivity index (χ4n) is 1.83. The molecule has 1 N–H and O–H groups in total. The van der Waals surface area contributed by atoms with Gasteiger partial charge in [-0.25, -0.2) is 4.39 Å². The molecular weight excluding hydrogens is 186 g/mol. The van der Waals surface area contributed by atoms with Crippen molar-refractivity contribution in [3.05, 3.63) is 12.7 Å². The summed E-state index contributed by atoms with van der Waals surface area (Å²) in [7, 11) is -1.83. The van der Waals surface area contributed by atoms with Crippen molar-refractivity contribution in [2.45, 2.75) is 31.9 Å². The molecule has 0 aromatic heterocycles. The minimum Gasteiger partial charge on any atom is -0.380 e. The molecule has 1 radical (unpaired) electrons. The lowest BCUT2D eigenvalue weighted by molar-refractivity contribution is 0.295. The first-order valence-electron chi connectivity index (χ1n) is 5.00. The Morgan fingerprint density at radius 3 is 2.85 bits per heavy atom. The van der Waals surface area contributed by atoms with Crippen LogP contribution in [-0.4, -0.2) is 29.6 Å². The van der Waals surface area contributed by atoms with Gasteiger partial charge in [-0.15, -0.1) is 6.58 Å². The van der Waals surface area contributed by atoms with E-state index in [4.69, 9.17) is 0 Å². The highest BCUT2D eigenvalue weighted by atomic mass is 31.2. The van der Waals surface area contributed by atoms with Crippen LogP contribution in [-0.2, 0) is 0 Å². The zero-order chi connectivity index (χ0) is 9.73. The topological polar surface area (TPSA) is 20.2 Å². The van der Waals surface area contributed by atoms with E-state index in [1.165, 1.54) is 0 Å². The first-order valence-corrected chi connectivity index (χ1v) is 7.30. The molecule has 77 valence electrons. The molecular formula is C10H19FOP. The Hall–Kier alpha value is 0.0600. The van der Waals surface area contributed by atoms with Crippen LogP contribution < -0.4 is 0 Å². The van der Waals surface area contributed by atoms with Crippen molar-refractivity contribution >= 4 is 7.49 Å². The van der Waals surface area contributed by atoms with Crippen LogP contribution in [0.3, 0.4) is 0 Å². The average molecular weight is 205 g/mol. The number of rotatable bonds is 2. The highest BCUT2D eigenvalue weighted by Gasteiger charge is 2.25. The Morgan fingerprint density at radius 2 is 2.15 bits per heavy atom. The third-order valence-corrected chi connectivity index (χ3v) is 5.85. The van der Waals surface area contributed by atoms with E-state index in [-0.39, 0.29) is 0 Å². The van der Waals surface area contributed by atoms with E-state index >= 15 is 0 Å². The molecule has 1 aliphatic rings. The van der Waals surface area contributed by atoms with Gasteiger partial charge in [0.2, 0.25) is 0 Å². The van der Waals surface area contributed by atoms with E-state index < -0.39 is 13.7 Å². The lowest BCUT2D eigenvalue weighted by Crippen LogP contribution is -2.14. The lowest BCUT2D eigenvalue weighted by atomic mass is 10.1. The van der Waals surface area contributed by atoms with Crippen LogP contribution in [0.15, 0.2) is 12.7 Å². The van der Waals surface area contributed by atoms with Crippen molar-refractivity contribution in [3.8, 4) is 0 Å². The van der Waals surface area contributed by atoms with Gasteiger partial charge < -0.3 is 4.89 Å². The molecule has 0 bridgehead atoms. The minimum atomic E-state index is -1.83. The van der Waals surface area contributed by atoms with Crippen molar-refractivity contribution in [1.29, 1.82) is 0 Å². The van der Waals surface area contributed by atoms with Gasteiger partial charge in [-0.05, 0) is 39.1 Å². The standard InChI is InChI=1S/C10H19FOP/c1-2-7-13(12)8-4-3-5-10(11)6-9-13/h2,10,12H,1,3-9H2. The van der Waals surface area contributed by atoms with Crippen LogP contribution in [0.4, 0.5) is 4.39 Å². The smallest absolute Gasteiger partial charge is 0.101 e. The third-order valence-electron chi connectivity index (χ3n) is 2.67. The summed E-state index contributed by atoms with van der Waals surface area (Å²) in [6, 6.07) is 0. The van der Waals surface area contributed by atoms with E-state index in [2.05, 4.69) is 6.58 Å². The van der Waals surface area contributed by atoms with Gasteiger partial charge in [-0.2, -0.15) is 0 Å². The second-order valence-corrected chi connectivity index (χ2v) is 7.35. The summed E-state index contributed by atoms with van der Waals surface area (Å²) in [5, 5.41) is 0. The quantitative estimate of drug-likeness (QED) is 0.542. The van der Waals surface area contributed by atoms with Crippen molar-refractivity contribution in [2.75, 3.05) is 18.5 Å². The van der Waals surface area contributed by atoms with Gasteiger partial charge in [0.1, 0.15) is 6.17 Å². The molecule has 3 heteroatoms. The summed E-state index contributed by atoms with van der Waals surface area (Å²) in [6.07, 6.45) is 6.57. The molecule has 13 heavy (non-hydrogen) atoms. The largest absolute Gasteiger partial charge is 0.380 e. The van der Waals surface area contributed by atoms with Gasteiger partial charge in [-0.3, -0.25) is 0 Å². The Bertz CT molecular complexity index is 174. The number of hydrogen-bond donors (Lipinski definition) is 1. The highest BCUT2D eigenvalue weighted by molar-refractivity contribution is 7.70. The molecule has 0 aliphatic carbocycles. The number of allylic oxidation sites excluding steroid dienone is 1. The SMILES string of the molecule is C=CC[P]1(O)CCCCC(F)CC1. The van der Waals surface area contributed by atoms with Gasteiger partial charge in [0.05, 0.1) is 0 Å². The van der Waals surface area contributed by atoms with Crippen LogP contribution in [0, 0.1) is 0 Å². The molecule has 1 heterocycles. The number of halogens is 1. The maximum atomic E-state index is 13.1. The Labute approximate surface area is 80.5 Å². The van der Waals surface area contributed by atoms with E-state index in [1.807, 2.05) is 0 Å². The maximum absolute atomic E-state index is 13.1. The molecule has 1 saturated heterocycles. The van der Waals surface area contributed by atoms with Crippen LogP contribution >= 0.6 is 7.49 Å². The second-order valence-electron chi connectivity index (χ2n) is 3.90. The first kappa shape index (κ1) is 11.1. The fraction of sp³-hybridized carbons (Fsp3) is 0.800. The Morgan fingerprint density at radius 1 is 1.38 bits per heavy atom. The maximum Gasteiger partial charge on any atom is 0.101 e. The van der Waals surface area contributed by atoms with E-state index in [0.717, 1.165) is 19.0 Å². The Balaban J connectivity index is 2.48. The number of hydrogen-bond acceptors (Lipinski definition) is 1. The first-order chi connectivity index (χ1) is 6.16. The molecule has 1 nitrogen and oxygen atoms in total. The van der Waals surface area contributed by atoms with E-state index in [1.54, 1.807) is 6.08 Å². The summed E-state index contributed by atoms with van der Waals surface area (Å²) in [4.78, 5) is 10.2. The molecule has 2 unspecified atom stereocenters. The molecule has 0 aromatic carbocycles. The van der Waals surface area contributed by atoms with Gasteiger partial charge in [-0.1, -0.05) is 12.5 Å². The fourth-order valence-corrected chi connectivity index (χ4v) is 4.47. The zero-order valence-corrected chi connectivity index (χ0v) is 8.98. The van der Waals surface area contributed by atoms with Crippen molar-refractivity contribution in [3.63, 3.8) is 0 Å². The van der Waals surface area contributed by atoms with Gasteiger partial charge in [0.25, 0.3) is 0 Å². The van der Waals surface area contributed by atoms with Gasteiger partial charge >= 0.3 is 0 Å². The summed E-state index contributed by atoms with van der Waals surface area (Å²) in [5.74, 6) is 0. The highest BCUT2D eigenvalue weighted by Crippen LogP contribution is 2.56. The van der Waals surface area contributed by atoms with E-state index in [9.17, 15) is 9.28 Å². The van der Waals surface area contributed by atoms with Crippen molar-refractivity contribution in [1.82, 2.24) is 0 Å². The van der Waals surface area contributed by atoms with Crippen LogP contribution in [0.5, 0.6) is 0 Å². The number of alkyl halides is 1. The second kappa shape index (κ2) is 5.07. The van der Waals surface area contributed by atoms with Gasteiger partial charge in [0, 0.05) is 6.16 Å². The summed E-state index contributed by atoms with van der Waals surface area (Å²) in [5.41, 5.74) is 0. The molecule has 0 aromatic rings. The van der Waals surface area contributed by atoms with E-state index in [0.29, 0.717) is 25.2 Å². The van der Waals surface area contributed by atoms with Crippen LogP contribution in [0.2, 0.25) is 0 Å². The summed E-state index contributed by atoms with van der Waals surface area (Å²) in [6.45, 7) is 3.65. The van der Waals surface area contributed by atoms with Crippen molar-refractivity contribution < 1.29 is 9.28 Å².